The van der Waals surface area contributed by atoms with Gasteiger partial charge >= 0.3 is 6.09 Å². The first-order valence-electron chi connectivity index (χ1n) is 8.29. The van der Waals surface area contributed by atoms with Gasteiger partial charge in [-0.05, 0) is 29.7 Å². The molecular formula is C20H15N3O4S. The first-order chi connectivity index (χ1) is 13.5. The molecule has 1 heterocycles. The minimum absolute atomic E-state index is 0.138. The van der Waals surface area contributed by atoms with E-state index < -0.39 is 6.09 Å². The monoisotopic (exact) mass is 393 g/mol. The fourth-order valence-electron chi connectivity index (χ4n) is 2.89. The molecule has 0 fully saturated rings. The summed E-state index contributed by atoms with van der Waals surface area (Å²) in [5, 5.41) is 4.96. The van der Waals surface area contributed by atoms with Gasteiger partial charge < -0.3 is 20.5 Å². The molecule has 0 aliphatic rings. The number of fused-ring (bicyclic) bond motifs is 2. The van der Waals surface area contributed by atoms with Crippen molar-refractivity contribution in [1.29, 1.82) is 0 Å². The maximum Gasteiger partial charge on any atom is 0.411 e. The Labute approximate surface area is 163 Å². The Morgan fingerprint density at radius 1 is 1.11 bits per heavy atom. The van der Waals surface area contributed by atoms with E-state index in [-0.39, 0.29) is 11.1 Å². The number of aromatic nitrogens is 1. The van der Waals surface area contributed by atoms with Crippen molar-refractivity contribution in [2.45, 2.75) is 0 Å². The van der Waals surface area contributed by atoms with E-state index in [1.165, 1.54) is 0 Å². The number of thiazole rings is 1. The summed E-state index contributed by atoms with van der Waals surface area (Å²) < 4.78 is 10.9. The van der Waals surface area contributed by atoms with Gasteiger partial charge in [-0.3, -0.25) is 4.79 Å². The largest absolute Gasteiger partial charge is 0.496 e. The quantitative estimate of drug-likeness (QED) is 0.542. The Bertz CT molecular complexity index is 1220. The van der Waals surface area contributed by atoms with E-state index in [1.54, 1.807) is 31.4 Å². The van der Waals surface area contributed by atoms with E-state index >= 15 is 0 Å². The Kier molecular flexibility index (Phi) is 4.54. The molecule has 3 aromatic carbocycles. The molecule has 0 atom stereocenters. The number of primary amides is 1. The summed E-state index contributed by atoms with van der Waals surface area (Å²) in [5.41, 5.74) is 6.70. The van der Waals surface area contributed by atoms with Crippen LogP contribution in [0, 0.1) is 0 Å². The molecule has 0 bridgehead atoms. The maximum atomic E-state index is 12.7. The highest BCUT2D eigenvalue weighted by atomic mass is 32.1. The van der Waals surface area contributed by atoms with Crippen LogP contribution in [-0.2, 0) is 0 Å². The number of nitrogens with one attached hydrogen (secondary N) is 1. The highest BCUT2D eigenvalue weighted by Crippen LogP contribution is 2.31. The zero-order valence-electron chi connectivity index (χ0n) is 14.8. The zero-order chi connectivity index (χ0) is 19.7. The van der Waals surface area contributed by atoms with Crippen molar-refractivity contribution < 1.29 is 19.1 Å². The third kappa shape index (κ3) is 3.45. The van der Waals surface area contributed by atoms with Crippen molar-refractivity contribution >= 4 is 50.0 Å². The molecule has 8 heteroatoms. The average Bonchev–Trinajstić information content (AvgIpc) is 3.07. The number of carbonyl (C=O) groups is 2. The predicted octanol–water partition coefficient (Wildman–Crippen LogP) is 4.17. The minimum atomic E-state index is -0.928. The Hall–Kier alpha value is -3.65. The van der Waals surface area contributed by atoms with Crippen LogP contribution in [0.5, 0.6) is 10.9 Å². The summed E-state index contributed by atoms with van der Waals surface area (Å²) >= 11 is 1.14. The predicted molar refractivity (Wildman–Crippen MR) is 108 cm³/mol. The maximum absolute atomic E-state index is 12.7. The lowest BCUT2D eigenvalue weighted by Crippen LogP contribution is -2.15. The average molecular weight is 393 g/mol. The van der Waals surface area contributed by atoms with E-state index in [2.05, 4.69) is 10.3 Å². The molecule has 3 N–H and O–H groups in total. The summed E-state index contributed by atoms with van der Waals surface area (Å²) in [6.45, 7) is 0. The van der Waals surface area contributed by atoms with Gasteiger partial charge in [0.1, 0.15) is 5.75 Å². The molecule has 0 aliphatic heterocycles. The summed E-state index contributed by atoms with van der Waals surface area (Å²) in [6, 6.07) is 16.5. The molecule has 4 rings (SSSR count). The van der Waals surface area contributed by atoms with Gasteiger partial charge in [-0.25, -0.2) is 9.78 Å². The molecule has 0 unspecified atom stereocenters. The number of nitrogens with two attached hydrogens (primary N) is 1. The van der Waals surface area contributed by atoms with Crippen LogP contribution in [0.2, 0.25) is 0 Å². The lowest BCUT2D eigenvalue weighted by Gasteiger charge is -2.10. The van der Waals surface area contributed by atoms with E-state index in [0.29, 0.717) is 27.2 Å². The standard InChI is InChI=1S/C20H15N3O4S/c1-26-16-10-13(8-11-4-2-3-5-14(11)16)22-18(24)12-6-7-15-17(9-12)28-20(23-15)27-19(21)25/h2-10H,1H3,(H2,21,25)(H,22,24). The second kappa shape index (κ2) is 7.16. The van der Waals surface area contributed by atoms with Gasteiger partial charge in [-0.15, -0.1) is 0 Å². The fraction of sp³-hybridized carbons (Fsp3) is 0.0500. The number of hydrogen-bond acceptors (Lipinski definition) is 6. The first-order valence-corrected chi connectivity index (χ1v) is 9.11. The minimum Gasteiger partial charge on any atom is -0.496 e. The third-order valence-corrected chi connectivity index (χ3v) is 5.02. The lowest BCUT2D eigenvalue weighted by molar-refractivity contribution is 0.102. The van der Waals surface area contributed by atoms with Gasteiger partial charge in [-0.1, -0.05) is 35.6 Å². The van der Waals surface area contributed by atoms with Gasteiger partial charge in [-0.2, -0.15) is 0 Å². The number of anilines is 1. The number of ether oxygens (including phenoxy) is 2. The fourth-order valence-corrected chi connectivity index (χ4v) is 3.75. The summed E-state index contributed by atoms with van der Waals surface area (Å²) in [7, 11) is 1.59. The van der Waals surface area contributed by atoms with Gasteiger partial charge in [0.25, 0.3) is 11.1 Å². The van der Waals surface area contributed by atoms with E-state index in [0.717, 1.165) is 22.1 Å². The number of rotatable bonds is 4. The highest BCUT2D eigenvalue weighted by Gasteiger charge is 2.13. The highest BCUT2D eigenvalue weighted by molar-refractivity contribution is 7.20. The Morgan fingerprint density at radius 3 is 2.71 bits per heavy atom. The Morgan fingerprint density at radius 2 is 1.93 bits per heavy atom. The van der Waals surface area contributed by atoms with Crippen LogP contribution in [0.4, 0.5) is 10.5 Å². The molecule has 2 amide bonds. The van der Waals surface area contributed by atoms with Crippen molar-refractivity contribution in [3.05, 3.63) is 60.2 Å². The number of benzene rings is 3. The molecule has 0 radical (unpaired) electrons. The van der Waals surface area contributed by atoms with Gasteiger partial charge in [0.05, 0.1) is 17.3 Å². The molecule has 140 valence electrons. The van der Waals surface area contributed by atoms with Crippen LogP contribution in [0.1, 0.15) is 10.4 Å². The second-order valence-electron chi connectivity index (χ2n) is 5.94. The van der Waals surface area contributed by atoms with Crippen LogP contribution >= 0.6 is 11.3 Å². The summed E-state index contributed by atoms with van der Waals surface area (Å²) in [4.78, 5) is 27.7. The molecule has 0 saturated heterocycles. The molecule has 0 saturated carbocycles. The van der Waals surface area contributed by atoms with Crippen LogP contribution in [-0.4, -0.2) is 24.1 Å². The third-order valence-electron chi connectivity index (χ3n) is 4.12. The molecular weight excluding hydrogens is 378 g/mol. The molecule has 4 aromatic rings. The molecule has 7 nitrogen and oxygen atoms in total. The van der Waals surface area contributed by atoms with Crippen molar-refractivity contribution in [2.75, 3.05) is 12.4 Å². The van der Waals surface area contributed by atoms with Crippen LogP contribution < -0.4 is 20.5 Å². The molecule has 28 heavy (non-hydrogen) atoms. The van der Waals surface area contributed by atoms with E-state index in [1.807, 2.05) is 30.3 Å². The number of carbonyl (C=O) groups excluding carboxylic acids is 2. The van der Waals surface area contributed by atoms with Gasteiger partial charge in [0, 0.05) is 22.7 Å². The van der Waals surface area contributed by atoms with Crippen LogP contribution in [0.3, 0.4) is 0 Å². The van der Waals surface area contributed by atoms with Gasteiger partial charge in [0.2, 0.25) is 0 Å². The second-order valence-corrected chi connectivity index (χ2v) is 6.93. The number of amides is 2. The van der Waals surface area contributed by atoms with Crippen LogP contribution in [0.15, 0.2) is 54.6 Å². The van der Waals surface area contributed by atoms with Crippen molar-refractivity contribution in [3.8, 4) is 10.9 Å². The van der Waals surface area contributed by atoms with Crippen molar-refractivity contribution in [1.82, 2.24) is 4.98 Å². The molecule has 1 aromatic heterocycles. The summed E-state index contributed by atoms with van der Waals surface area (Å²) in [6.07, 6.45) is -0.928. The van der Waals surface area contributed by atoms with E-state index in [9.17, 15) is 9.59 Å². The lowest BCUT2D eigenvalue weighted by atomic mass is 10.1. The topological polar surface area (TPSA) is 104 Å². The molecule has 0 spiro atoms. The van der Waals surface area contributed by atoms with Crippen molar-refractivity contribution in [2.24, 2.45) is 5.73 Å². The number of hydrogen-bond donors (Lipinski definition) is 2. The first kappa shape index (κ1) is 17.7. The SMILES string of the molecule is COc1cc(NC(=O)c2ccc3nc(OC(N)=O)sc3c2)cc2ccccc12. The van der Waals surface area contributed by atoms with E-state index in [4.69, 9.17) is 15.2 Å². The van der Waals surface area contributed by atoms with Gasteiger partial charge in [0.15, 0.2) is 0 Å². The van der Waals surface area contributed by atoms with Crippen LogP contribution in [0.25, 0.3) is 21.0 Å². The zero-order valence-corrected chi connectivity index (χ0v) is 15.6. The Balaban J connectivity index is 1.63. The number of methoxy groups -OCH3 is 1. The summed E-state index contributed by atoms with van der Waals surface area (Å²) in [5.74, 6) is 0.407. The number of nitrogens with zero attached hydrogens (tertiary/aromatic N) is 1. The smallest absolute Gasteiger partial charge is 0.411 e. The van der Waals surface area contributed by atoms with Crippen molar-refractivity contribution in [3.63, 3.8) is 0 Å². The normalized spacial score (nSPS) is 10.8. The molecule has 0 aliphatic carbocycles.